The molecule has 0 saturated carbocycles. The standard InChI is InChI=1S/C50H93NO7/c1-6-8-10-12-14-16-18-19-20-21-22-23-24-25-26-27-28-29-31-32-34-36-38-40-48(52)57-45-46(44-56-43-42-47(50(54)55)51(3,4)5)58-49(53)41-39-37-35-33-30-17-15-13-11-9-7-2/h13,15,17,30,46-47H,6-12,14,16,18-29,31-45H2,1-5H3/p+1/b15-13+,30-17+. The fourth-order valence-electron chi connectivity index (χ4n) is 7.31. The van der Waals surface area contributed by atoms with Gasteiger partial charge >= 0.3 is 17.9 Å². The number of unbranched alkanes of at least 4 members (excludes halogenated alkanes) is 27. The number of rotatable bonds is 44. The number of ether oxygens (including phenoxy) is 3. The van der Waals surface area contributed by atoms with E-state index in [-0.39, 0.29) is 36.2 Å². The summed E-state index contributed by atoms with van der Waals surface area (Å²) in [6.07, 6.45) is 46.7. The zero-order valence-electron chi connectivity index (χ0n) is 38.8. The summed E-state index contributed by atoms with van der Waals surface area (Å²) < 4.78 is 17.3. The Morgan fingerprint density at radius 2 is 0.914 bits per heavy atom. The number of allylic oxidation sites excluding steroid dienone is 4. The van der Waals surface area contributed by atoms with E-state index in [1.54, 1.807) is 0 Å². The summed E-state index contributed by atoms with van der Waals surface area (Å²) >= 11 is 0. The number of quaternary nitrogens is 1. The molecule has 0 fully saturated rings. The number of hydrogen-bond donors (Lipinski definition) is 1. The van der Waals surface area contributed by atoms with E-state index < -0.39 is 18.1 Å². The normalized spacial score (nSPS) is 13.1. The molecule has 0 spiro atoms. The maximum absolute atomic E-state index is 12.7. The molecule has 0 aromatic heterocycles. The summed E-state index contributed by atoms with van der Waals surface area (Å²) in [6, 6.07) is -0.616. The molecular weight excluding hydrogens is 727 g/mol. The lowest BCUT2D eigenvalue weighted by Crippen LogP contribution is -2.50. The number of likely N-dealkylation sites (N-methyl/N-ethyl adjacent to an activating group) is 1. The van der Waals surface area contributed by atoms with Crippen molar-refractivity contribution in [1.29, 1.82) is 0 Å². The molecule has 1 N–H and O–H groups in total. The minimum absolute atomic E-state index is 0.0541. The molecule has 0 rings (SSSR count). The molecule has 2 atom stereocenters. The molecule has 340 valence electrons. The van der Waals surface area contributed by atoms with Crippen molar-refractivity contribution in [3.63, 3.8) is 0 Å². The Kier molecular flexibility index (Phi) is 40.0. The molecule has 0 amide bonds. The molecular formula is C50H94NO7+. The molecule has 0 aromatic rings. The van der Waals surface area contributed by atoms with Crippen LogP contribution < -0.4 is 0 Å². The minimum Gasteiger partial charge on any atom is -0.477 e. The van der Waals surface area contributed by atoms with Gasteiger partial charge in [0.25, 0.3) is 0 Å². The third kappa shape index (κ3) is 39.3. The van der Waals surface area contributed by atoms with Crippen molar-refractivity contribution in [1.82, 2.24) is 0 Å². The highest BCUT2D eigenvalue weighted by molar-refractivity contribution is 5.72. The second kappa shape index (κ2) is 41.5. The number of carboxylic acid groups (broad SMARTS) is 1. The van der Waals surface area contributed by atoms with Crippen LogP contribution in [0.4, 0.5) is 0 Å². The highest BCUT2D eigenvalue weighted by Gasteiger charge is 2.31. The van der Waals surface area contributed by atoms with Gasteiger partial charge < -0.3 is 23.8 Å². The summed E-state index contributed by atoms with van der Waals surface area (Å²) in [7, 11) is 5.52. The van der Waals surface area contributed by atoms with Crippen molar-refractivity contribution in [3.05, 3.63) is 24.3 Å². The van der Waals surface area contributed by atoms with Crippen LogP contribution in [-0.4, -0.2) is 80.6 Å². The van der Waals surface area contributed by atoms with Gasteiger partial charge in [0.05, 0.1) is 34.4 Å². The molecule has 0 aliphatic carbocycles. The number of esters is 2. The number of carbonyl (C=O) groups is 3. The molecule has 2 unspecified atom stereocenters. The second-order valence-electron chi connectivity index (χ2n) is 17.8. The van der Waals surface area contributed by atoms with Crippen molar-refractivity contribution >= 4 is 17.9 Å². The maximum Gasteiger partial charge on any atom is 0.362 e. The van der Waals surface area contributed by atoms with Crippen LogP contribution in [0.5, 0.6) is 0 Å². The predicted molar refractivity (Wildman–Crippen MR) is 243 cm³/mol. The summed E-state index contributed by atoms with van der Waals surface area (Å²) in [6.45, 7) is 4.68. The minimum atomic E-state index is -0.877. The van der Waals surface area contributed by atoms with Gasteiger partial charge in [-0.2, -0.15) is 0 Å². The largest absolute Gasteiger partial charge is 0.477 e. The van der Waals surface area contributed by atoms with Crippen molar-refractivity contribution in [2.24, 2.45) is 0 Å². The van der Waals surface area contributed by atoms with Crippen LogP contribution in [0.1, 0.15) is 226 Å². The van der Waals surface area contributed by atoms with Crippen molar-refractivity contribution < 1.29 is 38.2 Å². The Hall–Kier alpha value is -2.19. The fourth-order valence-corrected chi connectivity index (χ4v) is 7.31. The van der Waals surface area contributed by atoms with Crippen LogP contribution in [-0.2, 0) is 28.6 Å². The van der Waals surface area contributed by atoms with E-state index in [1.165, 1.54) is 141 Å². The van der Waals surface area contributed by atoms with Gasteiger partial charge in [0, 0.05) is 19.3 Å². The lowest BCUT2D eigenvalue weighted by Gasteiger charge is -2.31. The van der Waals surface area contributed by atoms with Gasteiger partial charge in [0.2, 0.25) is 0 Å². The number of aliphatic carboxylic acids is 1. The summed E-state index contributed by atoms with van der Waals surface area (Å²) in [4.78, 5) is 37.0. The second-order valence-corrected chi connectivity index (χ2v) is 17.8. The van der Waals surface area contributed by atoms with Gasteiger partial charge in [-0.05, 0) is 32.1 Å². The molecule has 0 saturated heterocycles. The van der Waals surface area contributed by atoms with Gasteiger partial charge in [-0.25, -0.2) is 4.79 Å². The first kappa shape index (κ1) is 55.8. The first-order valence-corrected chi connectivity index (χ1v) is 24.4. The molecule has 0 aliphatic rings. The first-order chi connectivity index (χ1) is 28.1. The van der Waals surface area contributed by atoms with E-state index in [1.807, 2.05) is 21.1 Å². The Morgan fingerprint density at radius 1 is 0.517 bits per heavy atom. The van der Waals surface area contributed by atoms with Gasteiger partial charge in [-0.15, -0.1) is 0 Å². The Balaban J connectivity index is 4.13. The smallest absolute Gasteiger partial charge is 0.362 e. The Bertz CT molecular complexity index is 1000. The van der Waals surface area contributed by atoms with E-state index in [0.29, 0.717) is 19.3 Å². The lowest BCUT2D eigenvalue weighted by molar-refractivity contribution is -0.887. The van der Waals surface area contributed by atoms with Crippen LogP contribution in [0.25, 0.3) is 0 Å². The van der Waals surface area contributed by atoms with Gasteiger partial charge in [0.15, 0.2) is 12.1 Å². The highest BCUT2D eigenvalue weighted by atomic mass is 16.6. The van der Waals surface area contributed by atoms with Crippen molar-refractivity contribution in [2.45, 2.75) is 238 Å². The monoisotopic (exact) mass is 821 g/mol. The van der Waals surface area contributed by atoms with E-state index in [0.717, 1.165) is 51.4 Å². The molecule has 0 aliphatic heterocycles. The van der Waals surface area contributed by atoms with E-state index >= 15 is 0 Å². The molecule has 58 heavy (non-hydrogen) atoms. The molecule has 8 nitrogen and oxygen atoms in total. The average Bonchev–Trinajstić information content (AvgIpc) is 3.18. The third-order valence-corrected chi connectivity index (χ3v) is 11.1. The topological polar surface area (TPSA) is 99.1 Å². The quantitative estimate of drug-likeness (QED) is 0.0283. The Morgan fingerprint density at radius 3 is 1.34 bits per heavy atom. The van der Waals surface area contributed by atoms with Crippen LogP contribution in [0.3, 0.4) is 0 Å². The predicted octanol–water partition coefficient (Wildman–Crippen LogP) is 13.6. The number of carbonyl (C=O) groups excluding carboxylic acids is 2. The highest BCUT2D eigenvalue weighted by Crippen LogP contribution is 2.16. The Labute approximate surface area is 358 Å². The summed E-state index contributed by atoms with van der Waals surface area (Å²) in [5.74, 6) is -1.49. The van der Waals surface area contributed by atoms with E-state index in [4.69, 9.17) is 14.2 Å². The first-order valence-electron chi connectivity index (χ1n) is 24.4. The lowest BCUT2D eigenvalue weighted by atomic mass is 10.0. The molecule has 0 heterocycles. The third-order valence-electron chi connectivity index (χ3n) is 11.1. The van der Waals surface area contributed by atoms with Gasteiger partial charge in [-0.1, -0.05) is 199 Å². The molecule has 8 heteroatoms. The van der Waals surface area contributed by atoms with Crippen LogP contribution in [0, 0.1) is 0 Å². The van der Waals surface area contributed by atoms with Gasteiger partial charge in [0.1, 0.15) is 6.61 Å². The van der Waals surface area contributed by atoms with Crippen LogP contribution in [0.2, 0.25) is 0 Å². The van der Waals surface area contributed by atoms with E-state index in [2.05, 4.69) is 38.2 Å². The van der Waals surface area contributed by atoms with Crippen molar-refractivity contribution in [3.8, 4) is 0 Å². The molecule has 0 bridgehead atoms. The maximum atomic E-state index is 12.7. The molecule has 0 aromatic carbocycles. The molecule has 0 radical (unpaired) electrons. The zero-order chi connectivity index (χ0) is 42.8. The van der Waals surface area contributed by atoms with E-state index in [9.17, 15) is 19.5 Å². The number of nitrogens with zero attached hydrogens (tertiary/aromatic N) is 1. The van der Waals surface area contributed by atoms with Crippen molar-refractivity contribution in [2.75, 3.05) is 41.0 Å². The number of carboxylic acids is 1. The van der Waals surface area contributed by atoms with Crippen LogP contribution in [0.15, 0.2) is 24.3 Å². The number of hydrogen-bond acceptors (Lipinski definition) is 6. The zero-order valence-corrected chi connectivity index (χ0v) is 38.8. The van der Waals surface area contributed by atoms with Crippen LogP contribution >= 0.6 is 0 Å². The SMILES string of the molecule is CCCC/C=C/C=C/CCCCCC(=O)OC(COCCC(C(=O)O)[N+](C)(C)C)COC(=O)CCCCCCCCCCCCCCCCCCCCCCCCC. The fraction of sp³-hybridized carbons (Fsp3) is 0.860. The average molecular weight is 821 g/mol. The van der Waals surface area contributed by atoms with Gasteiger partial charge in [-0.3, -0.25) is 9.59 Å². The summed E-state index contributed by atoms with van der Waals surface area (Å²) in [5, 5.41) is 9.62. The summed E-state index contributed by atoms with van der Waals surface area (Å²) in [5.41, 5.74) is 0.